The second-order valence-corrected chi connectivity index (χ2v) is 6.21. The number of ether oxygens (including phenoxy) is 2. The van der Waals surface area contributed by atoms with Crippen molar-refractivity contribution >= 4 is 11.6 Å². The van der Waals surface area contributed by atoms with Crippen molar-refractivity contribution in [1.82, 2.24) is 5.32 Å². The predicted molar refractivity (Wildman–Crippen MR) is 84.3 cm³/mol. The van der Waals surface area contributed by atoms with Gasteiger partial charge in [-0.1, -0.05) is 25.4 Å². The number of hydrogen-bond acceptors (Lipinski definition) is 4. The summed E-state index contributed by atoms with van der Waals surface area (Å²) in [6, 6.07) is 4.22. The molecule has 0 spiro atoms. The molecular weight excluding hydrogens is 290 g/mol. The summed E-state index contributed by atoms with van der Waals surface area (Å²) in [6.45, 7) is 4.91. The maximum absolute atomic E-state index is 9.89. The van der Waals surface area contributed by atoms with Crippen molar-refractivity contribution in [2.45, 2.75) is 57.9 Å². The number of methoxy groups -OCH3 is 1. The molecular formula is C16H24ClNO3. The summed E-state index contributed by atoms with van der Waals surface area (Å²) in [5.74, 6) is 1.14. The van der Waals surface area contributed by atoms with Crippen LogP contribution >= 0.6 is 11.6 Å². The van der Waals surface area contributed by atoms with Crippen LogP contribution in [0.5, 0.6) is 11.5 Å². The molecule has 0 aromatic heterocycles. The molecule has 0 radical (unpaired) electrons. The Morgan fingerprint density at radius 2 is 2.14 bits per heavy atom. The number of rotatable bonds is 6. The number of aliphatic hydroxyl groups is 1. The Labute approximate surface area is 131 Å². The van der Waals surface area contributed by atoms with Gasteiger partial charge in [0.15, 0.2) is 11.5 Å². The molecule has 0 heterocycles. The van der Waals surface area contributed by atoms with Crippen LogP contribution in [0.4, 0.5) is 0 Å². The Bertz CT molecular complexity index is 479. The molecule has 1 saturated carbocycles. The highest BCUT2D eigenvalue weighted by molar-refractivity contribution is 6.32. The second kappa shape index (κ2) is 7.34. The summed E-state index contributed by atoms with van der Waals surface area (Å²) in [5.41, 5.74) is 1.05. The van der Waals surface area contributed by atoms with Crippen LogP contribution in [-0.4, -0.2) is 30.5 Å². The molecule has 2 atom stereocenters. The quantitative estimate of drug-likeness (QED) is 0.847. The average molecular weight is 314 g/mol. The van der Waals surface area contributed by atoms with Crippen LogP contribution in [0.25, 0.3) is 0 Å². The highest BCUT2D eigenvalue weighted by atomic mass is 35.5. The number of nitrogens with one attached hydrogen (secondary N) is 1. The average Bonchev–Trinajstić information content (AvgIpc) is 2.84. The van der Waals surface area contributed by atoms with Crippen molar-refractivity contribution in [2.24, 2.45) is 0 Å². The highest BCUT2D eigenvalue weighted by Gasteiger charge is 2.28. The van der Waals surface area contributed by atoms with Crippen LogP contribution in [0.15, 0.2) is 12.1 Å². The van der Waals surface area contributed by atoms with Gasteiger partial charge in [-0.05, 0) is 37.0 Å². The van der Waals surface area contributed by atoms with E-state index in [9.17, 15) is 5.11 Å². The van der Waals surface area contributed by atoms with E-state index in [-0.39, 0.29) is 6.10 Å². The molecule has 1 aromatic carbocycles. The van der Waals surface area contributed by atoms with Crippen LogP contribution in [-0.2, 0) is 6.54 Å². The van der Waals surface area contributed by atoms with Gasteiger partial charge >= 0.3 is 0 Å². The third-order valence-corrected chi connectivity index (χ3v) is 3.97. The minimum Gasteiger partial charge on any atom is -0.493 e. The Hall–Kier alpha value is -0.970. The van der Waals surface area contributed by atoms with Gasteiger partial charge in [0.2, 0.25) is 0 Å². The normalized spacial score (nSPS) is 21.8. The van der Waals surface area contributed by atoms with E-state index < -0.39 is 6.10 Å². The first kappa shape index (κ1) is 16.4. The van der Waals surface area contributed by atoms with Gasteiger partial charge in [0.05, 0.1) is 18.2 Å². The third-order valence-electron chi connectivity index (χ3n) is 3.69. The predicted octanol–water partition coefficient (Wildman–Crippen LogP) is 3.14. The first-order valence-corrected chi connectivity index (χ1v) is 7.83. The lowest BCUT2D eigenvalue weighted by molar-refractivity contribution is 0.0587. The number of aliphatic hydroxyl groups excluding tert-OH is 1. The zero-order valence-electron chi connectivity index (χ0n) is 12.9. The molecule has 1 aromatic rings. The van der Waals surface area contributed by atoms with E-state index in [1.165, 1.54) is 0 Å². The summed E-state index contributed by atoms with van der Waals surface area (Å²) in [7, 11) is 1.60. The fourth-order valence-corrected chi connectivity index (χ4v) is 2.78. The van der Waals surface area contributed by atoms with Gasteiger partial charge in [-0.3, -0.25) is 0 Å². The van der Waals surface area contributed by atoms with E-state index in [0.29, 0.717) is 22.6 Å². The lowest BCUT2D eigenvalue weighted by Gasteiger charge is -2.21. The summed E-state index contributed by atoms with van der Waals surface area (Å²) in [5, 5.41) is 13.8. The molecule has 2 unspecified atom stereocenters. The SMILES string of the molecule is COc1cc(CNC(C)C)cc(Cl)c1OC1CCCC1O. The molecule has 2 rings (SSSR count). The zero-order chi connectivity index (χ0) is 15.4. The molecule has 118 valence electrons. The van der Waals surface area contributed by atoms with E-state index in [0.717, 1.165) is 31.4 Å². The Morgan fingerprint density at radius 1 is 1.38 bits per heavy atom. The van der Waals surface area contributed by atoms with E-state index in [1.807, 2.05) is 12.1 Å². The van der Waals surface area contributed by atoms with Crippen molar-refractivity contribution in [2.75, 3.05) is 7.11 Å². The summed E-state index contributed by atoms with van der Waals surface area (Å²) in [4.78, 5) is 0. The Balaban J connectivity index is 2.16. The third kappa shape index (κ3) is 4.25. The zero-order valence-corrected chi connectivity index (χ0v) is 13.6. The van der Waals surface area contributed by atoms with Gasteiger partial charge in [-0.2, -0.15) is 0 Å². The number of halogens is 1. The number of benzene rings is 1. The van der Waals surface area contributed by atoms with Gasteiger partial charge in [0.25, 0.3) is 0 Å². The van der Waals surface area contributed by atoms with Gasteiger partial charge < -0.3 is 19.9 Å². The smallest absolute Gasteiger partial charge is 0.180 e. The van der Waals surface area contributed by atoms with Gasteiger partial charge in [-0.25, -0.2) is 0 Å². The summed E-state index contributed by atoms with van der Waals surface area (Å²) >= 11 is 6.34. The van der Waals surface area contributed by atoms with E-state index in [4.69, 9.17) is 21.1 Å². The molecule has 0 bridgehead atoms. The van der Waals surface area contributed by atoms with Crippen LogP contribution in [0.2, 0.25) is 5.02 Å². The molecule has 2 N–H and O–H groups in total. The van der Waals surface area contributed by atoms with E-state index in [1.54, 1.807) is 7.11 Å². The molecule has 1 fully saturated rings. The van der Waals surface area contributed by atoms with Crippen LogP contribution in [0, 0.1) is 0 Å². The second-order valence-electron chi connectivity index (χ2n) is 5.80. The molecule has 0 aliphatic heterocycles. The lowest BCUT2D eigenvalue weighted by atomic mass is 10.1. The largest absolute Gasteiger partial charge is 0.493 e. The molecule has 1 aliphatic rings. The summed E-state index contributed by atoms with van der Waals surface area (Å²) in [6.07, 6.45) is 1.98. The maximum Gasteiger partial charge on any atom is 0.180 e. The lowest BCUT2D eigenvalue weighted by Crippen LogP contribution is -2.26. The first-order valence-electron chi connectivity index (χ1n) is 7.45. The van der Waals surface area contributed by atoms with Crippen molar-refractivity contribution in [3.63, 3.8) is 0 Å². The fraction of sp³-hybridized carbons (Fsp3) is 0.625. The monoisotopic (exact) mass is 313 g/mol. The van der Waals surface area contributed by atoms with Crippen molar-refractivity contribution < 1.29 is 14.6 Å². The maximum atomic E-state index is 9.89. The Kier molecular flexibility index (Phi) is 5.73. The minimum absolute atomic E-state index is 0.198. The topological polar surface area (TPSA) is 50.7 Å². The molecule has 5 heteroatoms. The van der Waals surface area contributed by atoms with Crippen molar-refractivity contribution in [1.29, 1.82) is 0 Å². The molecule has 4 nitrogen and oxygen atoms in total. The van der Waals surface area contributed by atoms with Crippen LogP contribution < -0.4 is 14.8 Å². The molecule has 0 saturated heterocycles. The van der Waals surface area contributed by atoms with Crippen molar-refractivity contribution in [3.05, 3.63) is 22.7 Å². The molecule has 0 amide bonds. The standard InChI is InChI=1S/C16H24ClNO3/c1-10(2)18-9-11-7-12(17)16(15(8-11)20-3)21-14-6-4-5-13(14)19/h7-8,10,13-14,18-19H,4-6,9H2,1-3H3. The minimum atomic E-state index is -0.423. The highest BCUT2D eigenvalue weighted by Crippen LogP contribution is 2.39. The number of hydrogen-bond donors (Lipinski definition) is 2. The Morgan fingerprint density at radius 3 is 2.71 bits per heavy atom. The van der Waals surface area contributed by atoms with Crippen molar-refractivity contribution in [3.8, 4) is 11.5 Å². The fourth-order valence-electron chi connectivity index (χ4n) is 2.51. The van der Waals surface area contributed by atoms with Crippen LogP contribution in [0.1, 0.15) is 38.7 Å². The van der Waals surface area contributed by atoms with Crippen LogP contribution in [0.3, 0.4) is 0 Å². The molecule has 21 heavy (non-hydrogen) atoms. The van der Waals surface area contributed by atoms with Gasteiger partial charge in [0.1, 0.15) is 6.10 Å². The van der Waals surface area contributed by atoms with E-state index in [2.05, 4.69) is 19.2 Å². The molecule has 1 aliphatic carbocycles. The van der Waals surface area contributed by atoms with Gasteiger partial charge in [-0.15, -0.1) is 0 Å². The first-order chi connectivity index (χ1) is 10.0. The summed E-state index contributed by atoms with van der Waals surface area (Å²) < 4.78 is 11.3. The van der Waals surface area contributed by atoms with E-state index >= 15 is 0 Å². The van der Waals surface area contributed by atoms with Gasteiger partial charge in [0, 0.05) is 12.6 Å².